The van der Waals surface area contributed by atoms with Crippen LogP contribution in [0.2, 0.25) is 0 Å². The van der Waals surface area contributed by atoms with Crippen LogP contribution >= 0.6 is 0 Å². The van der Waals surface area contributed by atoms with E-state index in [2.05, 4.69) is 87.1 Å². The molecule has 0 radical (unpaired) electrons. The Morgan fingerprint density at radius 3 is 1.70 bits per heavy atom. The van der Waals surface area contributed by atoms with Gasteiger partial charge in [0.15, 0.2) is 5.60 Å². The fourth-order valence-corrected chi connectivity index (χ4v) is 9.16. The van der Waals surface area contributed by atoms with Crippen molar-refractivity contribution >= 4 is 17.9 Å². The van der Waals surface area contributed by atoms with Gasteiger partial charge in [0.1, 0.15) is 11.6 Å². The Hall–Kier alpha value is -4.97. The standard InChI is InChI=1S/C44H58N8O4/c1-6-50(7-2)34-22-20-33(21-23-34)41(53)51-24-8-10-37(51)39-46-26-35(48-39)31-16-12-29(13-17-31)30-14-18-32(19-15-30)36-27-47-40(49-36)38-11-9-25-52(38)42(54)44(5,28(3)4)56-43(45)55/h12-19,26-28,33-34,37-38H,6-11,20-25H2,1-5H3,(H2,45,55)(H,46,48)(H,47,49)/t33?,34?,37?,38-,44+/m1/s1. The highest BCUT2D eigenvalue weighted by atomic mass is 16.6. The summed E-state index contributed by atoms with van der Waals surface area (Å²) < 4.78 is 5.37. The third-order valence-electron chi connectivity index (χ3n) is 12.8. The van der Waals surface area contributed by atoms with Crippen molar-refractivity contribution in [3.63, 3.8) is 0 Å². The highest BCUT2D eigenvalue weighted by Gasteiger charge is 2.47. The fraction of sp³-hybridized carbons (Fsp3) is 0.523. The Bertz CT molecular complexity index is 1980. The summed E-state index contributed by atoms with van der Waals surface area (Å²) in [5.41, 5.74) is 10.0. The minimum atomic E-state index is -1.36. The second-order valence-corrected chi connectivity index (χ2v) is 16.3. The summed E-state index contributed by atoms with van der Waals surface area (Å²) in [6, 6.07) is 17.2. The van der Waals surface area contributed by atoms with Crippen molar-refractivity contribution in [2.75, 3.05) is 26.2 Å². The predicted molar refractivity (Wildman–Crippen MR) is 217 cm³/mol. The quantitative estimate of drug-likeness (QED) is 0.133. The number of nitrogens with one attached hydrogen (secondary N) is 2. The molecular weight excluding hydrogens is 705 g/mol. The van der Waals surface area contributed by atoms with E-state index in [-0.39, 0.29) is 29.8 Å². The maximum Gasteiger partial charge on any atom is 0.405 e. The van der Waals surface area contributed by atoms with Gasteiger partial charge in [0.05, 0.1) is 35.9 Å². The molecule has 3 atom stereocenters. The molecule has 4 aromatic rings. The van der Waals surface area contributed by atoms with Crippen molar-refractivity contribution in [3.8, 4) is 33.6 Å². The number of aromatic nitrogens is 4. The molecule has 0 spiro atoms. The summed E-state index contributed by atoms with van der Waals surface area (Å²) in [5.74, 6) is 1.49. The van der Waals surface area contributed by atoms with E-state index >= 15 is 0 Å². The van der Waals surface area contributed by atoms with Gasteiger partial charge in [0, 0.05) is 31.0 Å². The molecule has 4 N–H and O–H groups in total. The number of rotatable bonds is 12. The van der Waals surface area contributed by atoms with Gasteiger partial charge in [-0.15, -0.1) is 0 Å². The average Bonchev–Trinajstić information content (AvgIpc) is 4.05. The lowest BCUT2D eigenvalue weighted by atomic mass is 9.84. The number of benzene rings is 2. The number of carbonyl (C=O) groups excluding carboxylic acids is 3. The highest BCUT2D eigenvalue weighted by molar-refractivity contribution is 5.88. The number of imidazole rings is 2. The van der Waals surface area contributed by atoms with Crippen molar-refractivity contribution in [1.29, 1.82) is 0 Å². The molecule has 7 rings (SSSR count). The van der Waals surface area contributed by atoms with Gasteiger partial charge in [-0.2, -0.15) is 0 Å². The molecule has 2 aromatic carbocycles. The fourth-order valence-electron chi connectivity index (χ4n) is 9.16. The first-order valence-electron chi connectivity index (χ1n) is 20.7. The van der Waals surface area contributed by atoms with E-state index < -0.39 is 11.7 Å². The Balaban J connectivity index is 0.978. The molecule has 12 nitrogen and oxygen atoms in total. The number of nitrogens with zero attached hydrogens (tertiary/aromatic N) is 5. The predicted octanol–water partition coefficient (Wildman–Crippen LogP) is 7.87. The molecule has 2 aliphatic heterocycles. The number of likely N-dealkylation sites (tertiary alicyclic amines) is 2. The van der Waals surface area contributed by atoms with E-state index in [1.807, 2.05) is 20.0 Å². The average molecular weight is 763 g/mol. The topological polar surface area (TPSA) is 154 Å². The maximum atomic E-state index is 13.8. The summed E-state index contributed by atoms with van der Waals surface area (Å²) in [7, 11) is 0. The van der Waals surface area contributed by atoms with Crippen LogP contribution in [0.4, 0.5) is 4.79 Å². The Labute approximate surface area is 330 Å². The lowest BCUT2D eigenvalue weighted by molar-refractivity contribution is -0.155. The molecule has 0 bridgehead atoms. The van der Waals surface area contributed by atoms with E-state index in [0.717, 1.165) is 110 Å². The molecular formula is C44H58N8O4. The highest BCUT2D eigenvalue weighted by Crippen LogP contribution is 2.38. The number of carbonyl (C=O) groups is 3. The molecule has 2 saturated heterocycles. The molecule has 3 amide bonds. The monoisotopic (exact) mass is 762 g/mol. The number of nitrogens with two attached hydrogens (primary N) is 1. The van der Waals surface area contributed by atoms with E-state index in [0.29, 0.717) is 24.3 Å². The molecule has 1 aliphatic carbocycles. The van der Waals surface area contributed by atoms with Crippen molar-refractivity contribution in [2.45, 2.75) is 110 Å². The van der Waals surface area contributed by atoms with Crippen LogP contribution in [0, 0.1) is 11.8 Å². The van der Waals surface area contributed by atoms with Gasteiger partial charge in [0.2, 0.25) is 5.91 Å². The Morgan fingerprint density at radius 1 is 0.768 bits per heavy atom. The Morgan fingerprint density at radius 2 is 1.23 bits per heavy atom. The first kappa shape index (κ1) is 39.3. The third-order valence-corrected chi connectivity index (χ3v) is 12.8. The van der Waals surface area contributed by atoms with Crippen molar-refractivity contribution in [2.24, 2.45) is 17.6 Å². The molecule has 4 heterocycles. The van der Waals surface area contributed by atoms with Gasteiger partial charge in [-0.1, -0.05) is 76.2 Å². The number of amides is 3. The van der Waals surface area contributed by atoms with Crippen molar-refractivity contribution < 1.29 is 19.1 Å². The third kappa shape index (κ3) is 7.85. The number of hydrogen-bond donors (Lipinski definition) is 3. The van der Waals surface area contributed by atoms with Crippen molar-refractivity contribution in [3.05, 3.63) is 72.6 Å². The van der Waals surface area contributed by atoms with Gasteiger partial charge < -0.3 is 35.1 Å². The lowest BCUT2D eigenvalue weighted by Gasteiger charge is -2.37. The van der Waals surface area contributed by atoms with Gasteiger partial charge in [-0.25, -0.2) is 14.8 Å². The summed E-state index contributed by atoms with van der Waals surface area (Å²) in [6.45, 7) is 13.3. The summed E-state index contributed by atoms with van der Waals surface area (Å²) >= 11 is 0. The second-order valence-electron chi connectivity index (χ2n) is 16.3. The van der Waals surface area contributed by atoms with E-state index in [9.17, 15) is 14.4 Å². The zero-order valence-electron chi connectivity index (χ0n) is 33.6. The van der Waals surface area contributed by atoms with E-state index in [4.69, 9.17) is 15.5 Å². The van der Waals surface area contributed by atoms with Crippen LogP contribution in [0.25, 0.3) is 33.6 Å². The minimum Gasteiger partial charge on any atom is -0.433 e. The minimum absolute atomic E-state index is 0.00338. The normalized spacial score (nSPS) is 22.5. The van der Waals surface area contributed by atoms with E-state index in [1.165, 1.54) is 0 Å². The van der Waals surface area contributed by atoms with Gasteiger partial charge >= 0.3 is 6.09 Å². The summed E-state index contributed by atoms with van der Waals surface area (Å²) in [5, 5.41) is 0. The number of hydrogen-bond acceptors (Lipinski definition) is 7. The van der Waals surface area contributed by atoms with Crippen molar-refractivity contribution in [1.82, 2.24) is 34.6 Å². The Kier molecular flexibility index (Phi) is 11.7. The van der Waals surface area contributed by atoms with Crippen LogP contribution < -0.4 is 5.73 Å². The number of H-pyrrole nitrogens is 2. The van der Waals surface area contributed by atoms with Crippen LogP contribution in [-0.2, 0) is 14.3 Å². The first-order chi connectivity index (χ1) is 27.0. The molecule has 3 fully saturated rings. The molecule has 2 aromatic heterocycles. The second kappa shape index (κ2) is 16.6. The van der Waals surface area contributed by atoms with Gasteiger partial charge in [-0.3, -0.25) is 9.59 Å². The molecule has 1 saturated carbocycles. The molecule has 3 aliphatic rings. The van der Waals surface area contributed by atoms with Crippen LogP contribution in [0.5, 0.6) is 0 Å². The van der Waals surface area contributed by atoms with Gasteiger partial charge in [-0.05, 0) is 93.6 Å². The zero-order valence-corrected chi connectivity index (χ0v) is 33.6. The smallest absolute Gasteiger partial charge is 0.405 e. The van der Waals surface area contributed by atoms with Gasteiger partial charge in [0.25, 0.3) is 5.91 Å². The molecule has 1 unspecified atom stereocenters. The summed E-state index contributed by atoms with van der Waals surface area (Å²) in [6.07, 6.45) is 10.4. The molecule has 298 valence electrons. The zero-order chi connectivity index (χ0) is 39.6. The number of ether oxygens (including phenoxy) is 1. The van der Waals surface area contributed by atoms with Crippen LogP contribution in [0.3, 0.4) is 0 Å². The molecule has 12 heteroatoms. The van der Waals surface area contributed by atoms with E-state index in [1.54, 1.807) is 18.0 Å². The number of primary amides is 1. The first-order valence-corrected chi connectivity index (χ1v) is 20.7. The van der Waals surface area contributed by atoms with Crippen LogP contribution in [0.15, 0.2) is 60.9 Å². The largest absolute Gasteiger partial charge is 0.433 e. The lowest BCUT2D eigenvalue weighted by Crippen LogP contribution is -2.53. The summed E-state index contributed by atoms with van der Waals surface area (Å²) in [4.78, 5) is 62.0. The van der Waals surface area contributed by atoms with Crippen LogP contribution in [0.1, 0.15) is 110 Å². The maximum absolute atomic E-state index is 13.8. The number of aromatic amines is 2. The molecule has 56 heavy (non-hydrogen) atoms. The van der Waals surface area contributed by atoms with Crippen LogP contribution in [-0.4, -0.2) is 90.4 Å². The SMILES string of the molecule is CCN(CC)C1CCC(C(=O)N2CCCC2c2ncc(-c3ccc(-c4ccc(-c5cnc([C@H]6CCCN6C(=O)[C@@](C)(OC(N)=O)C(C)C)[nH]5)cc4)cc3)[nH]2)CC1.